The molecule has 0 aromatic heterocycles. The minimum absolute atomic E-state index is 0.129. The van der Waals surface area contributed by atoms with Crippen molar-refractivity contribution in [3.05, 3.63) is 35.4 Å². The smallest absolute Gasteiger partial charge is 0.0594 e. The van der Waals surface area contributed by atoms with Crippen LogP contribution in [0.5, 0.6) is 0 Å². The molecular weight excluding hydrogens is 300 g/mol. The molecular formula is C20H28N2O2. The first kappa shape index (κ1) is 17.4. The van der Waals surface area contributed by atoms with E-state index in [0.29, 0.717) is 12.5 Å². The van der Waals surface area contributed by atoms with Gasteiger partial charge in [0, 0.05) is 44.2 Å². The van der Waals surface area contributed by atoms with Crippen LogP contribution < -0.4 is 0 Å². The Morgan fingerprint density at radius 2 is 1.92 bits per heavy atom. The van der Waals surface area contributed by atoms with Crippen LogP contribution >= 0.6 is 0 Å². The molecule has 0 unspecified atom stereocenters. The molecule has 2 aliphatic rings. The number of likely N-dealkylation sites (tertiary alicyclic amines) is 1. The fraction of sp³-hybridized carbons (Fsp3) is 0.600. The van der Waals surface area contributed by atoms with E-state index in [1.807, 2.05) is 0 Å². The van der Waals surface area contributed by atoms with Crippen molar-refractivity contribution in [2.24, 2.45) is 0 Å². The molecule has 4 nitrogen and oxygen atoms in total. The fourth-order valence-corrected chi connectivity index (χ4v) is 3.59. The predicted molar refractivity (Wildman–Crippen MR) is 95.7 cm³/mol. The normalized spacial score (nSPS) is 22.8. The molecule has 1 atom stereocenters. The number of piperidine rings is 1. The number of hydrogen-bond donors (Lipinski definition) is 1. The second-order valence-corrected chi connectivity index (χ2v) is 6.65. The molecule has 1 aromatic rings. The van der Waals surface area contributed by atoms with E-state index in [4.69, 9.17) is 9.84 Å². The average molecular weight is 328 g/mol. The van der Waals surface area contributed by atoms with Crippen molar-refractivity contribution >= 4 is 0 Å². The summed E-state index contributed by atoms with van der Waals surface area (Å²) < 4.78 is 5.48. The molecule has 0 aliphatic carbocycles. The maximum atomic E-state index is 8.77. The van der Waals surface area contributed by atoms with Gasteiger partial charge in [0.2, 0.25) is 0 Å². The van der Waals surface area contributed by atoms with Crippen LogP contribution in [-0.2, 0) is 11.3 Å². The highest BCUT2D eigenvalue weighted by atomic mass is 16.5. The van der Waals surface area contributed by atoms with Crippen LogP contribution in [0.2, 0.25) is 0 Å². The van der Waals surface area contributed by atoms with Gasteiger partial charge in [0.25, 0.3) is 0 Å². The SMILES string of the molecule is OCCC#Cc1ccc(CN2CCC[C@H](N3CCOCC3)C2)cc1. The number of ether oxygens (including phenoxy) is 1. The van der Waals surface area contributed by atoms with Crippen LogP contribution in [0, 0.1) is 11.8 Å². The van der Waals surface area contributed by atoms with Crippen LogP contribution in [0.4, 0.5) is 0 Å². The zero-order valence-corrected chi connectivity index (χ0v) is 14.4. The van der Waals surface area contributed by atoms with Crippen LogP contribution in [0.25, 0.3) is 0 Å². The number of aliphatic hydroxyl groups excluding tert-OH is 1. The van der Waals surface area contributed by atoms with Gasteiger partial charge in [-0.25, -0.2) is 0 Å². The lowest BCUT2D eigenvalue weighted by molar-refractivity contribution is -0.00358. The summed E-state index contributed by atoms with van der Waals surface area (Å²) in [7, 11) is 0. The summed E-state index contributed by atoms with van der Waals surface area (Å²) in [6, 6.07) is 9.22. The van der Waals surface area contributed by atoms with E-state index in [0.717, 1.165) is 45.0 Å². The van der Waals surface area contributed by atoms with Gasteiger partial charge in [0.05, 0.1) is 19.8 Å². The lowest BCUT2D eigenvalue weighted by Crippen LogP contribution is -2.51. The minimum atomic E-state index is 0.129. The summed E-state index contributed by atoms with van der Waals surface area (Å²) in [6.45, 7) is 7.44. The quantitative estimate of drug-likeness (QED) is 0.854. The molecule has 0 bridgehead atoms. The van der Waals surface area contributed by atoms with Gasteiger partial charge in [-0.3, -0.25) is 9.80 Å². The van der Waals surface area contributed by atoms with Gasteiger partial charge in [-0.2, -0.15) is 0 Å². The van der Waals surface area contributed by atoms with Crippen LogP contribution in [0.3, 0.4) is 0 Å². The third-order valence-electron chi connectivity index (χ3n) is 4.87. The Bertz CT molecular complexity index is 555. The highest BCUT2D eigenvalue weighted by Crippen LogP contribution is 2.19. The second-order valence-electron chi connectivity index (χ2n) is 6.65. The van der Waals surface area contributed by atoms with E-state index in [-0.39, 0.29) is 6.61 Å². The molecule has 0 saturated carbocycles. The van der Waals surface area contributed by atoms with Gasteiger partial charge in [-0.1, -0.05) is 24.0 Å². The first-order valence-corrected chi connectivity index (χ1v) is 9.08. The number of hydrogen-bond acceptors (Lipinski definition) is 4. The number of rotatable bonds is 4. The van der Waals surface area contributed by atoms with E-state index >= 15 is 0 Å². The van der Waals surface area contributed by atoms with E-state index in [1.165, 1.54) is 24.9 Å². The van der Waals surface area contributed by atoms with Gasteiger partial charge in [0.1, 0.15) is 0 Å². The Morgan fingerprint density at radius 1 is 1.12 bits per heavy atom. The Balaban J connectivity index is 1.52. The zero-order valence-electron chi connectivity index (χ0n) is 14.4. The molecule has 2 aliphatic heterocycles. The van der Waals surface area contributed by atoms with Crippen LogP contribution in [0.15, 0.2) is 24.3 Å². The molecule has 130 valence electrons. The van der Waals surface area contributed by atoms with Crippen molar-refractivity contribution in [2.45, 2.75) is 31.8 Å². The Kier molecular flexibility index (Phi) is 6.68. The summed E-state index contributed by atoms with van der Waals surface area (Å²) in [6.07, 6.45) is 3.14. The third-order valence-corrected chi connectivity index (χ3v) is 4.87. The Labute approximate surface area is 145 Å². The van der Waals surface area contributed by atoms with Crippen molar-refractivity contribution in [3.63, 3.8) is 0 Å². The molecule has 3 rings (SSSR count). The van der Waals surface area contributed by atoms with E-state index in [2.05, 4.69) is 45.9 Å². The third kappa shape index (κ3) is 5.06. The molecule has 4 heteroatoms. The minimum Gasteiger partial charge on any atom is -0.395 e. The summed E-state index contributed by atoms with van der Waals surface area (Å²) in [5.74, 6) is 6.05. The lowest BCUT2D eigenvalue weighted by atomic mass is 10.0. The van der Waals surface area contributed by atoms with Gasteiger partial charge in [0.15, 0.2) is 0 Å². The lowest BCUT2D eigenvalue weighted by Gasteiger charge is -2.40. The first-order chi connectivity index (χ1) is 11.8. The van der Waals surface area contributed by atoms with Crippen molar-refractivity contribution in [1.29, 1.82) is 0 Å². The summed E-state index contributed by atoms with van der Waals surface area (Å²) in [5, 5.41) is 8.77. The van der Waals surface area contributed by atoms with Crippen LogP contribution in [-0.4, -0.2) is 66.9 Å². The van der Waals surface area contributed by atoms with Crippen molar-refractivity contribution in [2.75, 3.05) is 46.0 Å². The largest absolute Gasteiger partial charge is 0.395 e. The maximum Gasteiger partial charge on any atom is 0.0594 e. The molecule has 0 amide bonds. The zero-order chi connectivity index (χ0) is 16.6. The number of benzene rings is 1. The topological polar surface area (TPSA) is 35.9 Å². The summed E-state index contributed by atoms with van der Waals surface area (Å²) >= 11 is 0. The molecule has 2 fully saturated rings. The molecule has 1 N–H and O–H groups in total. The molecule has 1 aromatic carbocycles. The van der Waals surface area contributed by atoms with E-state index < -0.39 is 0 Å². The second kappa shape index (κ2) is 9.19. The van der Waals surface area contributed by atoms with Crippen molar-refractivity contribution in [1.82, 2.24) is 9.80 Å². The standard InChI is InChI=1S/C20H28N2O2/c23-13-2-1-4-18-6-8-19(9-7-18)16-21-10-3-5-20(17-21)22-11-14-24-15-12-22/h6-9,20,23H,2-3,5,10-17H2/t20-/m0/s1. The monoisotopic (exact) mass is 328 g/mol. The highest BCUT2D eigenvalue weighted by Gasteiger charge is 2.26. The molecule has 0 spiro atoms. The van der Waals surface area contributed by atoms with Crippen molar-refractivity contribution < 1.29 is 9.84 Å². The number of morpholine rings is 1. The highest BCUT2D eigenvalue weighted by molar-refractivity contribution is 5.36. The van der Waals surface area contributed by atoms with Crippen molar-refractivity contribution in [3.8, 4) is 11.8 Å². The molecule has 24 heavy (non-hydrogen) atoms. The number of nitrogens with zero attached hydrogens (tertiary/aromatic N) is 2. The fourth-order valence-electron chi connectivity index (χ4n) is 3.59. The molecule has 2 saturated heterocycles. The van der Waals surface area contributed by atoms with E-state index in [1.54, 1.807) is 0 Å². The Morgan fingerprint density at radius 3 is 2.67 bits per heavy atom. The molecule has 2 heterocycles. The first-order valence-electron chi connectivity index (χ1n) is 9.08. The summed E-state index contributed by atoms with van der Waals surface area (Å²) in [4.78, 5) is 5.19. The predicted octanol–water partition coefficient (Wildman–Crippen LogP) is 1.72. The van der Waals surface area contributed by atoms with Crippen LogP contribution in [0.1, 0.15) is 30.4 Å². The van der Waals surface area contributed by atoms with Gasteiger partial charge >= 0.3 is 0 Å². The average Bonchev–Trinajstić information content (AvgIpc) is 2.64. The number of aliphatic hydroxyl groups is 1. The maximum absolute atomic E-state index is 8.77. The van der Waals surface area contributed by atoms with Gasteiger partial charge in [-0.15, -0.1) is 0 Å². The molecule has 0 radical (unpaired) electrons. The Hall–Kier alpha value is -1.38. The van der Waals surface area contributed by atoms with Gasteiger partial charge in [-0.05, 0) is 37.1 Å². The van der Waals surface area contributed by atoms with Gasteiger partial charge < -0.3 is 9.84 Å². The summed E-state index contributed by atoms with van der Waals surface area (Å²) in [5.41, 5.74) is 2.38. The van der Waals surface area contributed by atoms with E-state index in [9.17, 15) is 0 Å².